The van der Waals surface area contributed by atoms with Crippen LogP contribution < -0.4 is 16.6 Å². The molecule has 0 saturated heterocycles. The molecule has 2 aromatic heterocycles. The van der Waals surface area contributed by atoms with Crippen molar-refractivity contribution in [3.05, 3.63) is 63.4 Å². The first-order valence-electron chi connectivity index (χ1n) is 7.64. The number of rotatable bonds is 5. The number of aromatic nitrogens is 2. The molecular weight excluding hydrogens is 372 g/mol. The van der Waals surface area contributed by atoms with Gasteiger partial charge >= 0.3 is 5.97 Å². The number of thiophene rings is 1. The van der Waals surface area contributed by atoms with E-state index in [1.54, 1.807) is 41.8 Å². The second-order valence-corrected chi connectivity index (χ2v) is 6.37. The van der Waals surface area contributed by atoms with Crippen LogP contribution in [0.2, 0.25) is 0 Å². The molecule has 0 bridgehead atoms. The van der Waals surface area contributed by atoms with Crippen molar-refractivity contribution >= 4 is 28.9 Å². The smallest absolute Gasteiger partial charge is 0.358 e. The van der Waals surface area contributed by atoms with Gasteiger partial charge in [-0.3, -0.25) is 9.59 Å². The van der Waals surface area contributed by atoms with Crippen LogP contribution in [-0.4, -0.2) is 32.1 Å². The summed E-state index contributed by atoms with van der Waals surface area (Å²) in [6.07, 6.45) is 0. The zero-order chi connectivity index (χ0) is 19.6. The van der Waals surface area contributed by atoms with Crippen molar-refractivity contribution in [1.29, 1.82) is 0 Å². The quantitative estimate of drug-likeness (QED) is 0.445. The lowest BCUT2D eigenvalue weighted by Crippen LogP contribution is -2.27. The predicted octanol–water partition coefficient (Wildman–Crippen LogP) is 1.54. The molecule has 0 aliphatic carbocycles. The van der Waals surface area contributed by atoms with Crippen LogP contribution in [0.1, 0.15) is 22.1 Å². The molecule has 2 heterocycles. The number of H-pyrrole nitrogens is 1. The average Bonchev–Trinajstić information content (AvgIpc) is 3.11. The topological polar surface area (TPSA) is 158 Å². The van der Waals surface area contributed by atoms with E-state index < -0.39 is 34.9 Å². The molecule has 0 saturated carbocycles. The van der Waals surface area contributed by atoms with Gasteiger partial charge in [-0.05, 0) is 17.0 Å². The van der Waals surface area contributed by atoms with E-state index in [1.807, 2.05) is 0 Å². The lowest BCUT2D eigenvalue weighted by atomic mass is 10.1. The van der Waals surface area contributed by atoms with Gasteiger partial charge in [-0.15, -0.1) is 11.3 Å². The summed E-state index contributed by atoms with van der Waals surface area (Å²) in [5.74, 6) is -3.11. The van der Waals surface area contributed by atoms with Crippen molar-refractivity contribution in [3.8, 4) is 16.5 Å². The van der Waals surface area contributed by atoms with E-state index in [2.05, 4.69) is 15.3 Å². The minimum atomic E-state index is -1.55. The highest BCUT2D eigenvalue weighted by molar-refractivity contribution is 7.14. The van der Waals surface area contributed by atoms with Gasteiger partial charge in [0.1, 0.15) is 6.04 Å². The number of amides is 1. The van der Waals surface area contributed by atoms with Crippen LogP contribution >= 0.6 is 11.3 Å². The molecule has 9 nitrogen and oxygen atoms in total. The fraction of sp³-hybridized carbons (Fsp3) is 0.0588. The Morgan fingerprint density at radius 1 is 1.22 bits per heavy atom. The molecule has 1 aromatic carbocycles. The van der Waals surface area contributed by atoms with E-state index in [0.29, 0.717) is 16.1 Å². The number of aromatic carboxylic acids is 1. The standard InChI is InChI=1S/C17H14N4O5S/c18-10(8-4-2-1-3-5-8)15(23)19-9-6-7-27-13(9)14-20-11(17(25)26)12(22)16(24)21-14/h1-7,10,22H,18H2,(H,19,23)(H,25,26)(H,20,21,24)/t10-/m1/s1. The molecule has 3 rings (SSSR count). The molecule has 0 aliphatic heterocycles. The molecule has 1 amide bonds. The number of aromatic amines is 1. The summed E-state index contributed by atoms with van der Waals surface area (Å²) in [4.78, 5) is 41.7. The van der Waals surface area contributed by atoms with Crippen molar-refractivity contribution in [2.24, 2.45) is 5.73 Å². The van der Waals surface area contributed by atoms with Gasteiger partial charge in [0.2, 0.25) is 11.7 Å². The number of carboxylic acid groups (broad SMARTS) is 1. The number of nitrogens with zero attached hydrogens (tertiary/aromatic N) is 1. The van der Waals surface area contributed by atoms with E-state index in [4.69, 9.17) is 10.8 Å². The number of carboxylic acids is 1. The van der Waals surface area contributed by atoms with Gasteiger partial charge in [0.15, 0.2) is 11.5 Å². The first-order chi connectivity index (χ1) is 12.9. The first kappa shape index (κ1) is 18.3. The zero-order valence-corrected chi connectivity index (χ0v) is 14.5. The van der Waals surface area contributed by atoms with Crippen LogP contribution in [-0.2, 0) is 4.79 Å². The van der Waals surface area contributed by atoms with Crippen LogP contribution in [0.25, 0.3) is 10.7 Å². The summed E-state index contributed by atoms with van der Waals surface area (Å²) in [5.41, 5.74) is 5.11. The zero-order valence-electron chi connectivity index (χ0n) is 13.7. The maximum atomic E-state index is 12.4. The lowest BCUT2D eigenvalue weighted by molar-refractivity contribution is -0.117. The van der Waals surface area contributed by atoms with Gasteiger partial charge < -0.3 is 26.2 Å². The summed E-state index contributed by atoms with van der Waals surface area (Å²) in [6.45, 7) is 0. The molecular formula is C17H14N4O5S. The van der Waals surface area contributed by atoms with Crippen LogP contribution in [0.15, 0.2) is 46.6 Å². The summed E-state index contributed by atoms with van der Waals surface area (Å²) in [7, 11) is 0. The minimum Gasteiger partial charge on any atom is -0.501 e. The molecule has 0 aliphatic rings. The summed E-state index contributed by atoms with van der Waals surface area (Å²) in [5, 5.41) is 22.9. The maximum absolute atomic E-state index is 12.4. The minimum absolute atomic E-state index is 0.0891. The molecule has 138 valence electrons. The van der Waals surface area contributed by atoms with Gasteiger partial charge in [0, 0.05) is 0 Å². The number of anilines is 1. The Kier molecular flexibility index (Phi) is 5.01. The Labute approximate surface area is 156 Å². The molecule has 0 radical (unpaired) electrons. The summed E-state index contributed by atoms with van der Waals surface area (Å²) in [6, 6.07) is 9.42. The predicted molar refractivity (Wildman–Crippen MR) is 98.8 cm³/mol. The van der Waals surface area contributed by atoms with Crippen LogP contribution in [0.4, 0.5) is 5.69 Å². The van der Waals surface area contributed by atoms with Gasteiger partial charge in [-0.25, -0.2) is 9.78 Å². The van der Waals surface area contributed by atoms with E-state index in [-0.39, 0.29) is 5.82 Å². The Morgan fingerprint density at radius 3 is 2.59 bits per heavy atom. The Hall–Kier alpha value is -3.50. The Morgan fingerprint density at radius 2 is 1.93 bits per heavy atom. The second-order valence-electron chi connectivity index (χ2n) is 5.46. The third-order valence-corrected chi connectivity index (χ3v) is 4.60. The van der Waals surface area contributed by atoms with Gasteiger partial charge in [0.25, 0.3) is 5.56 Å². The summed E-state index contributed by atoms with van der Waals surface area (Å²) >= 11 is 1.12. The number of hydrogen-bond donors (Lipinski definition) is 5. The van der Waals surface area contributed by atoms with E-state index >= 15 is 0 Å². The maximum Gasteiger partial charge on any atom is 0.358 e. The average molecular weight is 386 g/mol. The third-order valence-electron chi connectivity index (χ3n) is 3.68. The Bertz CT molecular complexity index is 1060. The lowest BCUT2D eigenvalue weighted by Gasteiger charge is -2.13. The molecule has 0 fully saturated rings. The third kappa shape index (κ3) is 3.71. The van der Waals surface area contributed by atoms with Crippen LogP contribution in [0, 0.1) is 0 Å². The molecule has 3 aromatic rings. The van der Waals surface area contributed by atoms with E-state index in [1.165, 1.54) is 0 Å². The normalized spacial score (nSPS) is 11.7. The molecule has 0 spiro atoms. The number of hydrogen-bond acceptors (Lipinski definition) is 7. The first-order valence-corrected chi connectivity index (χ1v) is 8.52. The van der Waals surface area contributed by atoms with E-state index in [9.17, 15) is 19.5 Å². The van der Waals surface area contributed by atoms with Gasteiger partial charge in [-0.2, -0.15) is 0 Å². The van der Waals surface area contributed by atoms with Crippen molar-refractivity contribution < 1.29 is 19.8 Å². The van der Waals surface area contributed by atoms with Crippen molar-refractivity contribution in [2.45, 2.75) is 6.04 Å². The highest BCUT2D eigenvalue weighted by Crippen LogP contribution is 2.32. The number of carbonyl (C=O) groups excluding carboxylic acids is 1. The monoisotopic (exact) mass is 386 g/mol. The fourth-order valence-corrected chi connectivity index (χ4v) is 3.13. The number of nitrogens with two attached hydrogens (primary N) is 1. The Balaban J connectivity index is 1.92. The SMILES string of the molecule is N[C@@H](C(=O)Nc1ccsc1-c1nc(C(=O)O)c(O)c(=O)[nH]1)c1ccccc1. The number of aromatic hydroxyl groups is 1. The van der Waals surface area contributed by atoms with E-state index in [0.717, 1.165) is 11.3 Å². The van der Waals surface area contributed by atoms with Gasteiger partial charge in [-0.1, -0.05) is 30.3 Å². The molecule has 27 heavy (non-hydrogen) atoms. The molecule has 6 N–H and O–H groups in total. The highest BCUT2D eigenvalue weighted by Gasteiger charge is 2.22. The van der Waals surface area contributed by atoms with Gasteiger partial charge in [0.05, 0.1) is 10.6 Å². The second kappa shape index (κ2) is 7.40. The van der Waals surface area contributed by atoms with Crippen LogP contribution in [0.5, 0.6) is 5.75 Å². The number of nitrogens with one attached hydrogen (secondary N) is 2. The molecule has 10 heteroatoms. The van der Waals surface area contributed by atoms with Crippen LogP contribution in [0.3, 0.4) is 0 Å². The highest BCUT2D eigenvalue weighted by atomic mass is 32.1. The van der Waals surface area contributed by atoms with Crippen molar-refractivity contribution in [2.75, 3.05) is 5.32 Å². The largest absolute Gasteiger partial charge is 0.501 e. The number of carbonyl (C=O) groups is 2. The molecule has 1 atom stereocenters. The van der Waals surface area contributed by atoms with Crippen molar-refractivity contribution in [3.63, 3.8) is 0 Å². The summed E-state index contributed by atoms with van der Waals surface area (Å²) < 4.78 is 0. The number of benzene rings is 1. The fourth-order valence-electron chi connectivity index (χ4n) is 2.34. The molecule has 0 unspecified atom stereocenters. The van der Waals surface area contributed by atoms with Crippen molar-refractivity contribution in [1.82, 2.24) is 9.97 Å².